The molecule has 0 bridgehead atoms. The molecule has 1 amide bonds. The highest BCUT2D eigenvalue weighted by Crippen LogP contribution is 2.38. The van der Waals surface area contributed by atoms with E-state index in [4.69, 9.17) is 9.26 Å². The van der Waals surface area contributed by atoms with Gasteiger partial charge in [-0.05, 0) is 36.5 Å². The van der Waals surface area contributed by atoms with Crippen molar-refractivity contribution in [1.82, 2.24) is 15.5 Å². The van der Waals surface area contributed by atoms with E-state index < -0.39 is 0 Å². The lowest BCUT2D eigenvalue weighted by atomic mass is 9.77. The Balaban J connectivity index is 1.78. The maximum Gasteiger partial charge on any atom is 0.293 e. The van der Waals surface area contributed by atoms with Gasteiger partial charge in [0.2, 0.25) is 5.89 Å². The smallest absolute Gasteiger partial charge is 0.293 e. The minimum absolute atomic E-state index is 0.0361. The van der Waals surface area contributed by atoms with Gasteiger partial charge in [0.15, 0.2) is 0 Å². The van der Waals surface area contributed by atoms with Gasteiger partial charge in [-0.1, -0.05) is 23.7 Å². The van der Waals surface area contributed by atoms with E-state index in [1.807, 2.05) is 24.3 Å². The summed E-state index contributed by atoms with van der Waals surface area (Å²) in [5, 5.41) is 6.71. The first kappa shape index (κ1) is 14.6. The number of ether oxygens (including phenoxy) is 1. The minimum Gasteiger partial charge on any atom is -0.497 e. The molecule has 1 aliphatic rings. The summed E-state index contributed by atoms with van der Waals surface area (Å²) >= 11 is 0. The highest BCUT2D eigenvalue weighted by Gasteiger charge is 2.31. The molecule has 6 heteroatoms. The van der Waals surface area contributed by atoms with Crippen LogP contribution in [0.5, 0.6) is 5.75 Å². The van der Waals surface area contributed by atoms with Crippen molar-refractivity contribution in [2.75, 3.05) is 7.11 Å². The van der Waals surface area contributed by atoms with Crippen LogP contribution in [0, 0.1) is 12.8 Å². The lowest BCUT2D eigenvalue weighted by Crippen LogP contribution is -2.36. The predicted octanol–water partition coefficient (Wildman–Crippen LogP) is 2.66. The highest BCUT2D eigenvalue weighted by atomic mass is 16.5. The Hall–Kier alpha value is -2.37. The van der Waals surface area contributed by atoms with E-state index in [2.05, 4.69) is 15.5 Å². The van der Waals surface area contributed by atoms with Crippen LogP contribution in [0.25, 0.3) is 0 Å². The summed E-state index contributed by atoms with van der Waals surface area (Å²) in [4.78, 5) is 16.3. The van der Waals surface area contributed by atoms with Crippen molar-refractivity contribution in [3.05, 3.63) is 41.5 Å². The van der Waals surface area contributed by atoms with Gasteiger partial charge in [0.25, 0.3) is 11.7 Å². The van der Waals surface area contributed by atoms with Crippen LogP contribution < -0.4 is 10.1 Å². The van der Waals surface area contributed by atoms with Crippen molar-refractivity contribution in [2.24, 2.45) is 5.92 Å². The molecule has 1 unspecified atom stereocenters. The number of hydrogen-bond acceptors (Lipinski definition) is 5. The van der Waals surface area contributed by atoms with Crippen LogP contribution in [0.15, 0.2) is 28.8 Å². The second kappa shape index (κ2) is 6.17. The molecule has 3 rings (SSSR count). The van der Waals surface area contributed by atoms with Crippen molar-refractivity contribution >= 4 is 5.91 Å². The van der Waals surface area contributed by atoms with E-state index in [0.717, 1.165) is 24.2 Å². The number of carbonyl (C=O) groups excluding carboxylic acids is 1. The fraction of sp³-hybridized carbons (Fsp3) is 0.438. The van der Waals surface area contributed by atoms with Gasteiger partial charge >= 0.3 is 0 Å². The quantitative estimate of drug-likeness (QED) is 0.918. The van der Waals surface area contributed by atoms with Gasteiger partial charge in [0.05, 0.1) is 13.2 Å². The molecular weight excluding hydrogens is 282 g/mol. The van der Waals surface area contributed by atoms with E-state index in [0.29, 0.717) is 11.8 Å². The molecule has 1 N–H and O–H groups in total. The lowest BCUT2D eigenvalue weighted by Gasteiger charge is -2.34. The number of nitrogens with zero attached hydrogens (tertiary/aromatic N) is 2. The van der Waals surface area contributed by atoms with Crippen molar-refractivity contribution in [3.8, 4) is 5.75 Å². The summed E-state index contributed by atoms with van der Waals surface area (Å²) in [6, 6.07) is 7.76. The maximum absolute atomic E-state index is 12.3. The molecule has 1 fully saturated rings. The van der Waals surface area contributed by atoms with Gasteiger partial charge in [-0.3, -0.25) is 4.79 Å². The zero-order valence-corrected chi connectivity index (χ0v) is 12.7. The van der Waals surface area contributed by atoms with Gasteiger partial charge in [0, 0.05) is 6.92 Å². The summed E-state index contributed by atoms with van der Waals surface area (Å²) in [5.74, 6) is 1.41. The van der Waals surface area contributed by atoms with Crippen LogP contribution in [-0.4, -0.2) is 23.2 Å². The van der Waals surface area contributed by atoms with Crippen molar-refractivity contribution in [2.45, 2.75) is 32.2 Å². The van der Waals surface area contributed by atoms with Crippen molar-refractivity contribution in [1.29, 1.82) is 0 Å². The maximum atomic E-state index is 12.3. The standard InChI is InChI=1S/C16H19N3O3/c1-10-17-15(19-22-10)16(20)18-14(11-4-3-5-11)12-6-8-13(21-2)9-7-12/h6-9,11,14H,3-5H2,1-2H3,(H,18,20). The number of aromatic nitrogens is 2. The Bertz CT molecular complexity index is 647. The van der Waals surface area contributed by atoms with Crippen LogP contribution in [0.2, 0.25) is 0 Å². The van der Waals surface area contributed by atoms with Gasteiger partial charge in [-0.15, -0.1) is 0 Å². The monoisotopic (exact) mass is 301 g/mol. The molecule has 116 valence electrons. The molecule has 1 heterocycles. The number of aryl methyl sites for hydroxylation is 1. The normalized spacial score (nSPS) is 15.9. The second-order valence-electron chi connectivity index (χ2n) is 5.55. The average Bonchev–Trinajstić information content (AvgIpc) is 2.91. The molecule has 22 heavy (non-hydrogen) atoms. The number of methoxy groups -OCH3 is 1. The Morgan fingerprint density at radius 3 is 2.59 bits per heavy atom. The number of amides is 1. The van der Waals surface area contributed by atoms with Gasteiger partial charge < -0.3 is 14.6 Å². The topological polar surface area (TPSA) is 77.2 Å². The van der Waals surface area contributed by atoms with Crippen molar-refractivity contribution in [3.63, 3.8) is 0 Å². The van der Waals surface area contributed by atoms with Crippen LogP contribution in [-0.2, 0) is 0 Å². The van der Waals surface area contributed by atoms with E-state index in [9.17, 15) is 4.79 Å². The zero-order valence-electron chi connectivity index (χ0n) is 12.7. The summed E-state index contributed by atoms with van der Waals surface area (Å²) < 4.78 is 10.0. The number of nitrogens with one attached hydrogen (secondary N) is 1. The molecule has 6 nitrogen and oxygen atoms in total. The zero-order chi connectivity index (χ0) is 15.5. The molecule has 0 aliphatic heterocycles. The Morgan fingerprint density at radius 2 is 2.09 bits per heavy atom. The highest BCUT2D eigenvalue weighted by molar-refractivity contribution is 5.90. The SMILES string of the molecule is COc1ccc(C(NC(=O)c2noc(C)n2)C2CCC2)cc1. The Labute approximate surface area is 128 Å². The third-order valence-electron chi connectivity index (χ3n) is 4.11. The van der Waals surface area contributed by atoms with E-state index >= 15 is 0 Å². The number of rotatable bonds is 5. The first-order valence-electron chi connectivity index (χ1n) is 7.42. The first-order chi connectivity index (χ1) is 10.7. The molecule has 1 aromatic heterocycles. The van der Waals surface area contributed by atoms with E-state index in [1.165, 1.54) is 6.42 Å². The number of benzene rings is 1. The fourth-order valence-electron chi connectivity index (χ4n) is 2.66. The third-order valence-corrected chi connectivity index (χ3v) is 4.11. The number of carbonyl (C=O) groups is 1. The van der Waals surface area contributed by atoms with E-state index in [1.54, 1.807) is 14.0 Å². The van der Waals surface area contributed by atoms with E-state index in [-0.39, 0.29) is 17.8 Å². The molecule has 1 aliphatic carbocycles. The Kier molecular flexibility index (Phi) is 4.09. The largest absolute Gasteiger partial charge is 0.497 e. The minimum atomic E-state index is -0.301. The second-order valence-corrected chi connectivity index (χ2v) is 5.55. The van der Waals surface area contributed by atoms with Crippen LogP contribution in [0.4, 0.5) is 0 Å². The molecule has 1 aromatic carbocycles. The molecular formula is C16H19N3O3. The molecule has 2 aromatic rings. The molecule has 0 spiro atoms. The summed E-state index contributed by atoms with van der Waals surface area (Å²) in [7, 11) is 1.64. The van der Waals surface area contributed by atoms with Crippen LogP contribution in [0.1, 0.15) is 47.4 Å². The van der Waals surface area contributed by atoms with Crippen molar-refractivity contribution < 1.29 is 14.1 Å². The fourth-order valence-corrected chi connectivity index (χ4v) is 2.66. The Morgan fingerprint density at radius 1 is 1.36 bits per heavy atom. The molecule has 1 atom stereocenters. The summed E-state index contributed by atoms with van der Waals surface area (Å²) in [6.45, 7) is 1.66. The van der Waals surface area contributed by atoms with Gasteiger partial charge in [-0.2, -0.15) is 4.98 Å². The predicted molar refractivity (Wildman–Crippen MR) is 79.6 cm³/mol. The molecule has 1 saturated carbocycles. The summed E-state index contributed by atoms with van der Waals surface area (Å²) in [6.07, 6.45) is 3.43. The third kappa shape index (κ3) is 2.95. The summed E-state index contributed by atoms with van der Waals surface area (Å²) in [5.41, 5.74) is 1.07. The molecule has 0 saturated heterocycles. The van der Waals surface area contributed by atoms with Crippen LogP contribution >= 0.6 is 0 Å². The van der Waals surface area contributed by atoms with Gasteiger partial charge in [-0.25, -0.2) is 0 Å². The van der Waals surface area contributed by atoms with Crippen LogP contribution in [0.3, 0.4) is 0 Å². The lowest BCUT2D eigenvalue weighted by molar-refractivity contribution is 0.0887. The molecule has 0 radical (unpaired) electrons. The average molecular weight is 301 g/mol. The first-order valence-corrected chi connectivity index (χ1v) is 7.42. The number of hydrogen-bond donors (Lipinski definition) is 1. The van der Waals surface area contributed by atoms with Gasteiger partial charge in [0.1, 0.15) is 5.75 Å².